The van der Waals surface area contributed by atoms with Gasteiger partial charge in [-0.3, -0.25) is 9.89 Å². The van der Waals surface area contributed by atoms with Crippen LogP contribution in [0.3, 0.4) is 0 Å². The van der Waals surface area contributed by atoms with E-state index in [4.69, 9.17) is 16.2 Å². The molecule has 0 atom stereocenters. The molecule has 2 fully saturated rings. The van der Waals surface area contributed by atoms with Crippen molar-refractivity contribution >= 4 is 29.9 Å². The number of morpholine rings is 1. The van der Waals surface area contributed by atoms with Gasteiger partial charge in [0.15, 0.2) is 5.96 Å². The molecule has 0 aromatic heterocycles. The van der Waals surface area contributed by atoms with Crippen molar-refractivity contribution in [3.05, 3.63) is 0 Å². The van der Waals surface area contributed by atoms with Gasteiger partial charge in [0.25, 0.3) is 0 Å². The Bertz CT molecular complexity index is 282. The predicted molar refractivity (Wildman–Crippen MR) is 88.9 cm³/mol. The van der Waals surface area contributed by atoms with Gasteiger partial charge in [-0.25, -0.2) is 0 Å². The molecule has 0 aromatic rings. The molecule has 2 rings (SSSR count). The van der Waals surface area contributed by atoms with Gasteiger partial charge in [0, 0.05) is 31.6 Å². The molecule has 0 aromatic carbocycles. The van der Waals surface area contributed by atoms with Crippen molar-refractivity contribution in [2.45, 2.75) is 32.1 Å². The maximum Gasteiger partial charge on any atom is 0.185 e. The van der Waals surface area contributed by atoms with E-state index >= 15 is 0 Å². The Balaban J connectivity index is 0.00000180. The first-order valence-electron chi connectivity index (χ1n) is 7.06. The van der Waals surface area contributed by atoms with Crippen LogP contribution in [0.2, 0.25) is 0 Å². The van der Waals surface area contributed by atoms with E-state index in [0.717, 1.165) is 39.4 Å². The summed E-state index contributed by atoms with van der Waals surface area (Å²) in [6.45, 7) is 5.71. The molecule has 112 valence electrons. The number of nitrogens with zero attached hydrogens (tertiary/aromatic N) is 2. The summed E-state index contributed by atoms with van der Waals surface area (Å²) in [5.74, 6) is 0.224. The smallest absolute Gasteiger partial charge is 0.185 e. The summed E-state index contributed by atoms with van der Waals surface area (Å²) in [5, 5.41) is 0. The molecule has 1 heterocycles. The van der Waals surface area contributed by atoms with Crippen LogP contribution >= 0.6 is 24.0 Å². The predicted octanol–water partition coefficient (Wildman–Crippen LogP) is 1.16. The van der Waals surface area contributed by atoms with Gasteiger partial charge in [-0.2, -0.15) is 0 Å². The molecule has 6 heteroatoms. The van der Waals surface area contributed by atoms with Gasteiger partial charge in [-0.05, 0) is 12.8 Å². The zero-order valence-corrected chi connectivity index (χ0v) is 14.0. The van der Waals surface area contributed by atoms with Gasteiger partial charge in [0.1, 0.15) is 0 Å². The Kier molecular flexibility index (Phi) is 7.38. The number of guanidine groups is 1. The lowest BCUT2D eigenvalue weighted by Gasteiger charge is -2.41. The summed E-state index contributed by atoms with van der Waals surface area (Å²) in [6.07, 6.45) is 6.48. The summed E-state index contributed by atoms with van der Waals surface area (Å²) in [6, 6.07) is 0. The van der Waals surface area contributed by atoms with Crippen LogP contribution in [-0.4, -0.2) is 50.3 Å². The number of ether oxygens (including phenoxy) is 1. The van der Waals surface area contributed by atoms with E-state index in [1.54, 1.807) is 0 Å². The van der Waals surface area contributed by atoms with Gasteiger partial charge in [0.05, 0.1) is 13.2 Å². The molecule has 0 spiro atoms. The molecule has 1 aliphatic heterocycles. The van der Waals surface area contributed by atoms with Crippen molar-refractivity contribution < 1.29 is 4.74 Å². The van der Waals surface area contributed by atoms with Crippen LogP contribution in [-0.2, 0) is 4.74 Å². The molecule has 4 N–H and O–H groups in total. The Morgan fingerprint density at radius 2 is 1.74 bits per heavy atom. The first kappa shape index (κ1) is 17.0. The fourth-order valence-electron chi connectivity index (χ4n) is 3.16. The molecule has 0 unspecified atom stereocenters. The van der Waals surface area contributed by atoms with Gasteiger partial charge in [-0.1, -0.05) is 19.3 Å². The van der Waals surface area contributed by atoms with Gasteiger partial charge in [-0.15, -0.1) is 24.0 Å². The van der Waals surface area contributed by atoms with E-state index in [0.29, 0.717) is 5.41 Å². The van der Waals surface area contributed by atoms with E-state index < -0.39 is 0 Å². The normalized spacial score (nSPS) is 23.4. The average molecular weight is 382 g/mol. The van der Waals surface area contributed by atoms with E-state index in [9.17, 15) is 0 Å². The minimum atomic E-state index is 0. The molecule has 1 saturated carbocycles. The molecule has 19 heavy (non-hydrogen) atoms. The molecule has 1 saturated heterocycles. The number of halogens is 1. The second-order valence-electron chi connectivity index (χ2n) is 5.69. The van der Waals surface area contributed by atoms with E-state index in [2.05, 4.69) is 9.89 Å². The summed E-state index contributed by atoms with van der Waals surface area (Å²) >= 11 is 0. The number of rotatable bonds is 4. The highest BCUT2D eigenvalue weighted by Crippen LogP contribution is 2.37. The third-order valence-corrected chi connectivity index (χ3v) is 4.17. The molecule has 1 aliphatic carbocycles. The molecule has 0 amide bonds. The number of hydrogen-bond acceptors (Lipinski definition) is 3. The molecule has 0 bridgehead atoms. The number of nitrogens with two attached hydrogens (primary N) is 2. The first-order valence-corrected chi connectivity index (χ1v) is 7.06. The third kappa shape index (κ3) is 5.43. The highest BCUT2D eigenvalue weighted by molar-refractivity contribution is 14.0. The standard InChI is InChI=1S/C13H26N4O.HI/c14-12(15)16-10-13(4-2-1-3-5-13)11-17-6-8-18-9-7-17;/h1-11H2,(H4,14,15,16);1H. The van der Waals surface area contributed by atoms with Crippen molar-refractivity contribution in [2.24, 2.45) is 21.9 Å². The minimum absolute atomic E-state index is 0. The first-order chi connectivity index (χ1) is 8.70. The Morgan fingerprint density at radius 1 is 1.11 bits per heavy atom. The summed E-state index contributed by atoms with van der Waals surface area (Å²) in [5.41, 5.74) is 11.3. The maximum absolute atomic E-state index is 5.50. The topological polar surface area (TPSA) is 76.9 Å². The Morgan fingerprint density at radius 3 is 2.32 bits per heavy atom. The lowest BCUT2D eigenvalue weighted by atomic mass is 9.73. The molecule has 2 aliphatic rings. The van der Waals surface area contributed by atoms with Gasteiger partial charge in [0.2, 0.25) is 0 Å². The molecule has 5 nitrogen and oxygen atoms in total. The molecular formula is C13H27IN4O. The van der Waals surface area contributed by atoms with Crippen LogP contribution in [0.25, 0.3) is 0 Å². The van der Waals surface area contributed by atoms with Crippen molar-refractivity contribution in [3.63, 3.8) is 0 Å². The second kappa shape index (κ2) is 8.26. The molecular weight excluding hydrogens is 355 g/mol. The van der Waals surface area contributed by atoms with E-state index in [1.165, 1.54) is 32.1 Å². The summed E-state index contributed by atoms with van der Waals surface area (Å²) in [7, 11) is 0. The Labute approximate surface area is 133 Å². The van der Waals surface area contributed by atoms with Crippen LogP contribution in [0.4, 0.5) is 0 Å². The minimum Gasteiger partial charge on any atom is -0.379 e. The van der Waals surface area contributed by atoms with Crippen molar-refractivity contribution in [1.82, 2.24) is 4.90 Å². The number of hydrogen-bond donors (Lipinski definition) is 2. The van der Waals surface area contributed by atoms with E-state index in [-0.39, 0.29) is 29.9 Å². The maximum atomic E-state index is 5.50. The fraction of sp³-hybridized carbons (Fsp3) is 0.923. The van der Waals surface area contributed by atoms with Crippen molar-refractivity contribution in [1.29, 1.82) is 0 Å². The second-order valence-corrected chi connectivity index (χ2v) is 5.69. The monoisotopic (exact) mass is 382 g/mol. The van der Waals surface area contributed by atoms with Crippen LogP contribution in [0.1, 0.15) is 32.1 Å². The van der Waals surface area contributed by atoms with Gasteiger partial charge >= 0.3 is 0 Å². The van der Waals surface area contributed by atoms with Crippen molar-refractivity contribution in [2.75, 3.05) is 39.4 Å². The largest absolute Gasteiger partial charge is 0.379 e. The van der Waals surface area contributed by atoms with E-state index in [1.807, 2.05) is 0 Å². The zero-order valence-electron chi connectivity index (χ0n) is 11.6. The average Bonchev–Trinajstić information content (AvgIpc) is 2.39. The van der Waals surface area contributed by atoms with Crippen LogP contribution < -0.4 is 11.5 Å². The fourth-order valence-corrected chi connectivity index (χ4v) is 3.16. The highest BCUT2D eigenvalue weighted by atomic mass is 127. The third-order valence-electron chi connectivity index (χ3n) is 4.17. The van der Waals surface area contributed by atoms with Crippen LogP contribution in [0.15, 0.2) is 4.99 Å². The van der Waals surface area contributed by atoms with Crippen molar-refractivity contribution in [3.8, 4) is 0 Å². The molecule has 0 radical (unpaired) electrons. The summed E-state index contributed by atoms with van der Waals surface area (Å²) < 4.78 is 5.41. The lowest BCUT2D eigenvalue weighted by Crippen LogP contribution is -2.46. The lowest BCUT2D eigenvalue weighted by molar-refractivity contribution is 0.00940. The SMILES string of the molecule is I.NC(N)=NCC1(CN2CCOCC2)CCCCC1. The quantitative estimate of drug-likeness (QED) is 0.435. The summed E-state index contributed by atoms with van der Waals surface area (Å²) in [4.78, 5) is 6.81. The highest BCUT2D eigenvalue weighted by Gasteiger charge is 2.34. The number of aliphatic imine (C=N–C) groups is 1. The van der Waals surface area contributed by atoms with Gasteiger partial charge < -0.3 is 16.2 Å². The van der Waals surface area contributed by atoms with Crippen LogP contribution in [0.5, 0.6) is 0 Å². The zero-order chi connectivity index (χ0) is 12.8. The van der Waals surface area contributed by atoms with Crippen LogP contribution in [0, 0.1) is 5.41 Å². The Hall–Kier alpha value is -0.0800.